The Kier molecular flexibility index (Phi) is 3.61. The Balaban J connectivity index is 2.39. The Hall–Kier alpha value is 0. The lowest BCUT2D eigenvalue weighted by molar-refractivity contribution is 0.369. The molecule has 1 aliphatic rings. The van der Waals surface area contributed by atoms with Gasteiger partial charge in [-0.15, -0.1) is 0 Å². The summed E-state index contributed by atoms with van der Waals surface area (Å²) in [6.07, 6.45) is 5.83. The summed E-state index contributed by atoms with van der Waals surface area (Å²) < 4.78 is 0. The van der Waals surface area contributed by atoms with Gasteiger partial charge in [-0.1, -0.05) is 40.5 Å². The molecule has 0 heteroatoms. The van der Waals surface area contributed by atoms with Gasteiger partial charge in [0.25, 0.3) is 0 Å². The molecule has 0 N–H and O–H groups in total. The van der Waals surface area contributed by atoms with Gasteiger partial charge in [0.2, 0.25) is 0 Å². The molecular weight excluding hydrogens is 144 g/mol. The second-order valence-corrected chi connectivity index (χ2v) is 5.00. The second kappa shape index (κ2) is 4.30. The lowest BCUT2D eigenvalue weighted by Crippen LogP contribution is -2.04. The van der Waals surface area contributed by atoms with Crippen LogP contribution in [0.4, 0.5) is 0 Å². The van der Waals surface area contributed by atoms with Crippen LogP contribution in [0, 0.1) is 23.7 Å². The SMILES string of the molecule is CCCC1CC(C(C)C)CC1C. The van der Waals surface area contributed by atoms with Gasteiger partial charge in [0.15, 0.2) is 0 Å². The maximum atomic E-state index is 2.45. The normalized spacial score (nSPS) is 36.2. The van der Waals surface area contributed by atoms with Gasteiger partial charge in [0, 0.05) is 0 Å². The van der Waals surface area contributed by atoms with E-state index in [1.165, 1.54) is 25.7 Å². The Morgan fingerprint density at radius 3 is 2.33 bits per heavy atom. The van der Waals surface area contributed by atoms with Crippen LogP contribution in [0.25, 0.3) is 0 Å². The van der Waals surface area contributed by atoms with Crippen molar-refractivity contribution in [3.8, 4) is 0 Å². The molecule has 1 aliphatic carbocycles. The molecule has 0 amide bonds. The van der Waals surface area contributed by atoms with Crippen LogP contribution in [0.15, 0.2) is 0 Å². The Bertz CT molecular complexity index is 126. The molecule has 1 rings (SSSR count). The summed E-state index contributed by atoms with van der Waals surface area (Å²) in [6, 6.07) is 0. The quantitative estimate of drug-likeness (QED) is 0.595. The van der Waals surface area contributed by atoms with Crippen molar-refractivity contribution in [1.82, 2.24) is 0 Å². The fourth-order valence-corrected chi connectivity index (χ4v) is 2.70. The molecular formula is C12H24. The Labute approximate surface area is 77.7 Å². The number of hydrogen-bond donors (Lipinski definition) is 0. The predicted molar refractivity (Wildman–Crippen MR) is 55.1 cm³/mol. The molecule has 72 valence electrons. The van der Waals surface area contributed by atoms with Gasteiger partial charge >= 0.3 is 0 Å². The van der Waals surface area contributed by atoms with Gasteiger partial charge in [-0.05, 0) is 36.5 Å². The van der Waals surface area contributed by atoms with Gasteiger partial charge in [-0.2, -0.15) is 0 Å². The monoisotopic (exact) mass is 168 g/mol. The molecule has 0 saturated heterocycles. The van der Waals surface area contributed by atoms with E-state index in [1.807, 2.05) is 0 Å². The first-order valence-electron chi connectivity index (χ1n) is 5.65. The molecule has 0 nitrogen and oxygen atoms in total. The van der Waals surface area contributed by atoms with E-state index >= 15 is 0 Å². The van der Waals surface area contributed by atoms with E-state index in [0.29, 0.717) is 0 Å². The van der Waals surface area contributed by atoms with Crippen molar-refractivity contribution in [2.24, 2.45) is 23.7 Å². The fourth-order valence-electron chi connectivity index (χ4n) is 2.70. The maximum Gasteiger partial charge on any atom is -0.0386 e. The topological polar surface area (TPSA) is 0 Å². The third-order valence-corrected chi connectivity index (χ3v) is 3.69. The largest absolute Gasteiger partial charge is 0.0654 e. The molecule has 12 heavy (non-hydrogen) atoms. The molecule has 0 aliphatic heterocycles. The molecule has 3 unspecified atom stereocenters. The summed E-state index contributed by atoms with van der Waals surface area (Å²) >= 11 is 0. The summed E-state index contributed by atoms with van der Waals surface area (Å²) in [5.41, 5.74) is 0. The molecule has 0 radical (unpaired) electrons. The first-order valence-corrected chi connectivity index (χ1v) is 5.65. The minimum absolute atomic E-state index is 0.911. The highest BCUT2D eigenvalue weighted by Gasteiger charge is 2.31. The van der Waals surface area contributed by atoms with E-state index in [-0.39, 0.29) is 0 Å². The molecule has 0 aromatic carbocycles. The average Bonchev–Trinajstić information content (AvgIpc) is 2.34. The van der Waals surface area contributed by atoms with Crippen molar-refractivity contribution in [2.75, 3.05) is 0 Å². The molecule has 0 aromatic heterocycles. The summed E-state index contributed by atoms with van der Waals surface area (Å²) in [5.74, 6) is 3.98. The minimum Gasteiger partial charge on any atom is -0.0654 e. The van der Waals surface area contributed by atoms with E-state index in [1.54, 1.807) is 0 Å². The van der Waals surface area contributed by atoms with Crippen molar-refractivity contribution in [3.05, 3.63) is 0 Å². The van der Waals surface area contributed by atoms with E-state index in [4.69, 9.17) is 0 Å². The van der Waals surface area contributed by atoms with Gasteiger partial charge in [-0.25, -0.2) is 0 Å². The standard InChI is InChI=1S/C12H24/c1-5-6-11-8-12(9(2)3)7-10(11)4/h9-12H,5-8H2,1-4H3. The van der Waals surface area contributed by atoms with Crippen molar-refractivity contribution < 1.29 is 0 Å². The molecule has 0 bridgehead atoms. The van der Waals surface area contributed by atoms with Gasteiger partial charge < -0.3 is 0 Å². The summed E-state index contributed by atoms with van der Waals surface area (Å²) in [6.45, 7) is 9.52. The summed E-state index contributed by atoms with van der Waals surface area (Å²) in [4.78, 5) is 0. The second-order valence-electron chi connectivity index (χ2n) is 5.00. The van der Waals surface area contributed by atoms with Crippen molar-refractivity contribution in [3.63, 3.8) is 0 Å². The van der Waals surface area contributed by atoms with Crippen LogP contribution in [0.1, 0.15) is 53.4 Å². The molecule has 0 aromatic rings. The fraction of sp³-hybridized carbons (Fsp3) is 1.00. The highest BCUT2D eigenvalue weighted by atomic mass is 14.4. The highest BCUT2D eigenvalue weighted by molar-refractivity contribution is 4.82. The zero-order chi connectivity index (χ0) is 9.14. The molecule has 0 heterocycles. The van der Waals surface area contributed by atoms with Crippen LogP contribution in [-0.4, -0.2) is 0 Å². The van der Waals surface area contributed by atoms with Crippen LogP contribution in [0.5, 0.6) is 0 Å². The van der Waals surface area contributed by atoms with Crippen LogP contribution in [0.3, 0.4) is 0 Å². The van der Waals surface area contributed by atoms with Crippen molar-refractivity contribution >= 4 is 0 Å². The van der Waals surface area contributed by atoms with E-state index < -0.39 is 0 Å². The maximum absolute atomic E-state index is 2.45. The predicted octanol–water partition coefficient (Wildman–Crippen LogP) is 4.10. The average molecular weight is 168 g/mol. The first-order chi connectivity index (χ1) is 5.65. The lowest BCUT2D eigenvalue weighted by Gasteiger charge is -2.14. The third kappa shape index (κ3) is 2.24. The highest BCUT2D eigenvalue weighted by Crippen LogP contribution is 2.41. The van der Waals surface area contributed by atoms with Crippen LogP contribution in [-0.2, 0) is 0 Å². The number of hydrogen-bond acceptors (Lipinski definition) is 0. The van der Waals surface area contributed by atoms with E-state index in [2.05, 4.69) is 27.7 Å². The van der Waals surface area contributed by atoms with Crippen LogP contribution in [0.2, 0.25) is 0 Å². The van der Waals surface area contributed by atoms with Crippen LogP contribution >= 0.6 is 0 Å². The molecule has 3 atom stereocenters. The van der Waals surface area contributed by atoms with Crippen molar-refractivity contribution in [2.45, 2.75) is 53.4 Å². The van der Waals surface area contributed by atoms with Gasteiger partial charge in [0.05, 0.1) is 0 Å². The molecule has 1 fully saturated rings. The number of rotatable bonds is 3. The summed E-state index contributed by atoms with van der Waals surface area (Å²) in [7, 11) is 0. The smallest absolute Gasteiger partial charge is 0.0386 e. The molecule has 0 spiro atoms. The van der Waals surface area contributed by atoms with Crippen molar-refractivity contribution in [1.29, 1.82) is 0 Å². The summed E-state index contributed by atoms with van der Waals surface area (Å²) in [5, 5.41) is 0. The van der Waals surface area contributed by atoms with E-state index in [9.17, 15) is 0 Å². The van der Waals surface area contributed by atoms with Gasteiger partial charge in [-0.3, -0.25) is 0 Å². The van der Waals surface area contributed by atoms with Gasteiger partial charge in [0.1, 0.15) is 0 Å². The lowest BCUT2D eigenvalue weighted by atomic mass is 9.92. The van der Waals surface area contributed by atoms with E-state index in [0.717, 1.165) is 23.7 Å². The zero-order valence-electron chi connectivity index (χ0n) is 9.14. The zero-order valence-corrected chi connectivity index (χ0v) is 9.14. The van der Waals surface area contributed by atoms with Crippen LogP contribution < -0.4 is 0 Å². The Morgan fingerprint density at radius 1 is 1.25 bits per heavy atom. The Morgan fingerprint density at radius 2 is 1.92 bits per heavy atom. The molecule has 1 saturated carbocycles. The minimum atomic E-state index is 0.911. The first kappa shape index (κ1) is 10.1. The third-order valence-electron chi connectivity index (χ3n) is 3.69.